The Labute approximate surface area is 188 Å². The van der Waals surface area contributed by atoms with Gasteiger partial charge in [-0.15, -0.1) is 0 Å². The summed E-state index contributed by atoms with van der Waals surface area (Å²) in [5, 5.41) is 0. The lowest BCUT2D eigenvalue weighted by atomic mass is 10.0. The van der Waals surface area contributed by atoms with Gasteiger partial charge in [0.05, 0.1) is 17.4 Å². The van der Waals surface area contributed by atoms with E-state index in [0.717, 1.165) is 11.3 Å². The molecule has 0 aromatic heterocycles. The molecule has 1 aliphatic heterocycles. The van der Waals surface area contributed by atoms with Gasteiger partial charge >= 0.3 is 0 Å². The summed E-state index contributed by atoms with van der Waals surface area (Å²) in [6, 6.07) is 26.3. The van der Waals surface area contributed by atoms with Crippen LogP contribution >= 0.6 is 0 Å². The molecule has 3 aromatic carbocycles. The zero-order chi connectivity index (χ0) is 22.7. The van der Waals surface area contributed by atoms with Gasteiger partial charge in [0.2, 0.25) is 0 Å². The van der Waals surface area contributed by atoms with Crippen molar-refractivity contribution >= 4 is 23.1 Å². The molecular weight excluding hydrogens is 400 g/mol. The molecule has 5 nitrogen and oxygen atoms in total. The first-order valence-electron chi connectivity index (χ1n) is 10.7. The normalized spacial score (nSPS) is 13.8. The van der Waals surface area contributed by atoms with E-state index in [4.69, 9.17) is 4.74 Å². The van der Waals surface area contributed by atoms with Crippen LogP contribution in [0, 0.1) is 0 Å². The van der Waals surface area contributed by atoms with Crippen LogP contribution in [0.4, 0.5) is 5.69 Å². The average Bonchev–Trinajstić information content (AvgIpc) is 3.05. The largest absolute Gasteiger partial charge is 0.491 e. The van der Waals surface area contributed by atoms with Gasteiger partial charge in [-0.05, 0) is 49.2 Å². The van der Waals surface area contributed by atoms with Gasteiger partial charge < -0.3 is 9.64 Å². The highest BCUT2D eigenvalue weighted by Crippen LogP contribution is 2.35. The highest BCUT2D eigenvalue weighted by atomic mass is 16.5. The maximum atomic E-state index is 13.5. The van der Waals surface area contributed by atoms with Crippen LogP contribution in [-0.4, -0.2) is 29.9 Å². The SMILES string of the molecule is CC(C)Oc1ccc(C2=C(N(C)Cc3ccccc3)C(=O)N(c3ccccc3)C2=O)cc1. The molecule has 0 aliphatic carbocycles. The number of carbonyl (C=O) groups is 2. The number of likely N-dealkylation sites (N-methyl/N-ethyl adjacent to an activating group) is 1. The van der Waals surface area contributed by atoms with Crippen molar-refractivity contribution in [3.05, 3.63) is 102 Å². The monoisotopic (exact) mass is 426 g/mol. The Hall–Kier alpha value is -3.86. The number of anilines is 1. The van der Waals surface area contributed by atoms with E-state index in [-0.39, 0.29) is 17.9 Å². The number of hydrogen-bond acceptors (Lipinski definition) is 4. The standard InChI is InChI=1S/C27H26N2O3/c1-19(2)32-23-16-14-21(15-17-23)24-25(28(3)18-20-10-6-4-7-11-20)27(31)29(26(24)30)22-12-8-5-9-13-22/h4-17,19H,18H2,1-3H3. The summed E-state index contributed by atoms with van der Waals surface area (Å²) in [6.07, 6.45) is 0.0518. The molecule has 0 N–H and O–H groups in total. The van der Waals surface area contributed by atoms with Crippen molar-refractivity contribution in [1.29, 1.82) is 0 Å². The Morgan fingerprint density at radius 2 is 1.41 bits per heavy atom. The summed E-state index contributed by atoms with van der Waals surface area (Å²) in [7, 11) is 1.85. The molecule has 0 saturated heterocycles. The van der Waals surface area contributed by atoms with Crippen LogP contribution in [0.25, 0.3) is 5.57 Å². The highest BCUT2D eigenvalue weighted by Gasteiger charge is 2.41. The maximum Gasteiger partial charge on any atom is 0.282 e. The summed E-state index contributed by atoms with van der Waals surface area (Å²) >= 11 is 0. The summed E-state index contributed by atoms with van der Waals surface area (Å²) in [5.74, 6) is 0.0750. The van der Waals surface area contributed by atoms with E-state index in [0.29, 0.717) is 29.1 Å². The molecule has 0 bridgehead atoms. The van der Waals surface area contributed by atoms with Crippen molar-refractivity contribution in [1.82, 2.24) is 4.90 Å². The van der Waals surface area contributed by atoms with Gasteiger partial charge in [-0.3, -0.25) is 9.59 Å². The number of amides is 2. The zero-order valence-corrected chi connectivity index (χ0v) is 18.5. The van der Waals surface area contributed by atoms with E-state index < -0.39 is 0 Å². The second-order valence-corrected chi connectivity index (χ2v) is 8.04. The fourth-order valence-corrected chi connectivity index (χ4v) is 3.85. The third-order valence-corrected chi connectivity index (χ3v) is 5.23. The van der Waals surface area contributed by atoms with E-state index in [1.165, 1.54) is 4.90 Å². The number of para-hydroxylation sites is 1. The molecule has 32 heavy (non-hydrogen) atoms. The lowest BCUT2D eigenvalue weighted by Crippen LogP contribution is -2.34. The van der Waals surface area contributed by atoms with Crippen molar-refractivity contribution < 1.29 is 14.3 Å². The Bertz CT molecular complexity index is 1140. The van der Waals surface area contributed by atoms with Crippen LogP contribution < -0.4 is 9.64 Å². The van der Waals surface area contributed by atoms with Gasteiger partial charge in [-0.2, -0.15) is 0 Å². The average molecular weight is 427 g/mol. The van der Waals surface area contributed by atoms with Gasteiger partial charge in [0.1, 0.15) is 11.4 Å². The van der Waals surface area contributed by atoms with E-state index in [1.807, 2.05) is 98.6 Å². The molecule has 0 saturated carbocycles. The van der Waals surface area contributed by atoms with Gasteiger partial charge in [-0.25, -0.2) is 4.90 Å². The quantitative estimate of drug-likeness (QED) is 0.505. The fraction of sp³-hybridized carbons (Fsp3) is 0.185. The summed E-state index contributed by atoms with van der Waals surface area (Å²) < 4.78 is 5.73. The highest BCUT2D eigenvalue weighted by molar-refractivity contribution is 6.45. The Balaban J connectivity index is 1.76. The Morgan fingerprint density at radius 1 is 0.812 bits per heavy atom. The second-order valence-electron chi connectivity index (χ2n) is 8.04. The molecule has 1 heterocycles. The van der Waals surface area contributed by atoms with Crippen molar-refractivity contribution in [3.63, 3.8) is 0 Å². The molecule has 4 rings (SSSR count). The van der Waals surface area contributed by atoms with Crippen molar-refractivity contribution in [2.24, 2.45) is 0 Å². The molecule has 0 radical (unpaired) electrons. The molecule has 0 spiro atoms. The van der Waals surface area contributed by atoms with Crippen LogP contribution in [-0.2, 0) is 16.1 Å². The number of benzene rings is 3. The molecular formula is C27H26N2O3. The molecule has 5 heteroatoms. The fourth-order valence-electron chi connectivity index (χ4n) is 3.85. The van der Waals surface area contributed by atoms with Crippen LogP contribution in [0.5, 0.6) is 5.75 Å². The number of imide groups is 1. The predicted molar refractivity (Wildman–Crippen MR) is 126 cm³/mol. The van der Waals surface area contributed by atoms with Crippen molar-refractivity contribution in [2.75, 3.05) is 11.9 Å². The first kappa shape index (κ1) is 21.4. The van der Waals surface area contributed by atoms with Crippen LogP contribution in [0.15, 0.2) is 90.6 Å². The minimum atomic E-state index is -0.325. The maximum absolute atomic E-state index is 13.5. The van der Waals surface area contributed by atoms with Crippen molar-refractivity contribution in [2.45, 2.75) is 26.5 Å². The van der Waals surface area contributed by atoms with Gasteiger partial charge in [0.25, 0.3) is 11.8 Å². The number of hydrogen-bond donors (Lipinski definition) is 0. The lowest BCUT2D eigenvalue weighted by molar-refractivity contribution is -0.120. The summed E-state index contributed by atoms with van der Waals surface area (Å²) in [6.45, 7) is 4.43. The molecule has 2 amide bonds. The molecule has 0 atom stereocenters. The minimum Gasteiger partial charge on any atom is -0.491 e. The molecule has 162 valence electrons. The third-order valence-electron chi connectivity index (χ3n) is 5.23. The number of ether oxygens (including phenoxy) is 1. The van der Waals surface area contributed by atoms with Crippen molar-refractivity contribution in [3.8, 4) is 5.75 Å². The van der Waals surface area contributed by atoms with Gasteiger partial charge in [0.15, 0.2) is 0 Å². The number of rotatable bonds is 7. The molecule has 0 fully saturated rings. The van der Waals surface area contributed by atoms with E-state index in [1.54, 1.807) is 12.1 Å². The smallest absolute Gasteiger partial charge is 0.282 e. The predicted octanol–water partition coefficient (Wildman–Crippen LogP) is 4.89. The Kier molecular flexibility index (Phi) is 6.08. The Morgan fingerprint density at radius 3 is 2.00 bits per heavy atom. The van der Waals surface area contributed by atoms with E-state index in [2.05, 4.69) is 0 Å². The number of nitrogens with zero attached hydrogens (tertiary/aromatic N) is 2. The van der Waals surface area contributed by atoms with Crippen LogP contribution in [0.2, 0.25) is 0 Å². The summed E-state index contributed by atoms with van der Waals surface area (Å²) in [5.41, 5.74) is 3.09. The second kappa shape index (κ2) is 9.10. The van der Waals surface area contributed by atoms with Gasteiger partial charge in [-0.1, -0.05) is 60.7 Å². The third kappa shape index (κ3) is 4.28. The molecule has 0 unspecified atom stereocenters. The topological polar surface area (TPSA) is 49.9 Å². The van der Waals surface area contributed by atoms with Gasteiger partial charge in [0, 0.05) is 13.6 Å². The first-order valence-corrected chi connectivity index (χ1v) is 10.7. The minimum absolute atomic E-state index is 0.0518. The lowest BCUT2D eigenvalue weighted by Gasteiger charge is -2.21. The van der Waals surface area contributed by atoms with E-state index >= 15 is 0 Å². The van der Waals surface area contributed by atoms with E-state index in [9.17, 15) is 9.59 Å². The molecule has 1 aliphatic rings. The first-order chi connectivity index (χ1) is 15.5. The summed E-state index contributed by atoms with van der Waals surface area (Å²) in [4.78, 5) is 30.2. The van der Waals surface area contributed by atoms with Crippen LogP contribution in [0.1, 0.15) is 25.0 Å². The molecule has 3 aromatic rings. The number of carbonyl (C=O) groups excluding carboxylic acids is 2. The van der Waals surface area contributed by atoms with Crippen LogP contribution in [0.3, 0.4) is 0 Å². The zero-order valence-electron chi connectivity index (χ0n) is 18.5.